The highest BCUT2D eigenvalue weighted by Crippen LogP contribution is 2.33. The smallest absolute Gasteiger partial charge is 0.242 e. The molecule has 9 aromatic rings. The molecule has 41 heavy (non-hydrogen) atoms. The molecule has 0 fully saturated rings. The van der Waals surface area contributed by atoms with Crippen LogP contribution in [0.5, 0.6) is 0 Å². The van der Waals surface area contributed by atoms with E-state index in [1.807, 2.05) is 47.0 Å². The van der Waals surface area contributed by atoms with Gasteiger partial charge in [-0.1, -0.05) is 60.7 Å². The number of fused-ring (bicyclic) bond motifs is 8. The Morgan fingerprint density at radius 2 is 1.02 bits per heavy atom. The topological polar surface area (TPSA) is 91.6 Å². The standard InChI is InChI=1S/C32H19N9/c1-4-12-24-21(9-1)22-10-2-5-13-25(22)39(24)30-36-29(20-17-33-19-34-18-20)37-31(38-30)41-28-16-8-7-15-27(28)40-26-14-6-3-11-23(26)35-32(40)41/h1-19H. The molecule has 0 aliphatic carbocycles. The highest BCUT2D eigenvalue weighted by atomic mass is 15.3. The molecule has 0 saturated heterocycles. The normalized spacial score (nSPS) is 11.9. The maximum atomic E-state index is 5.12. The molecule has 0 bridgehead atoms. The Labute approximate surface area is 232 Å². The van der Waals surface area contributed by atoms with Crippen molar-refractivity contribution in [1.29, 1.82) is 0 Å². The highest BCUT2D eigenvalue weighted by Gasteiger charge is 2.22. The van der Waals surface area contributed by atoms with Crippen LogP contribution in [0.3, 0.4) is 0 Å². The first-order valence-electron chi connectivity index (χ1n) is 13.2. The van der Waals surface area contributed by atoms with Gasteiger partial charge in [0.15, 0.2) is 5.82 Å². The maximum Gasteiger partial charge on any atom is 0.242 e. The lowest BCUT2D eigenvalue weighted by atomic mass is 10.2. The van der Waals surface area contributed by atoms with Crippen molar-refractivity contribution >= 4 is 49.7 Å². The minimum Gasteiger partial charge on any atom is -0.278 e. The third-order valence-electron chi connectivity index (χ3n) is 7.52. The first-order valence-corrected chi connectivity index (χ1v) is 13.2. The zero-order chi connectivity index (χ0) is 26.9. The van der Waals surface area contributed by atoms with Gasteiger partial charge in [-0.3, -0.25) is 8.97 Å². The average Bonchev–Trinajstić information content (AvgIpc) is 3.68. The van der Waals surface area contributed by atoms with Crippen molar-refractivity contribution in [2.24, 2.45) is 0 Å². The Kier molecular flexibility index (Phi) is 4.42. The summed E-state index contributed by atoms with van der Waals surface area (Å²) in [4.78, 5) is 28.6. The van der Waals surface area contributed by atoms with Crippen LogP contribution in [0.4, 0.5) is 0 Å². The van der Waals surface area contributed by atoms with Crippen LogP contribution in [-0.2, 0) is 0 Å². The first-order chi connectivity index (χ1) is 20.3. The van der Waals surface area contributed by atoms with E-state index in [2.05, 4.69) is 73.5 Å². The Balaban J connectivity index is 1.43. The number of aromatic nitrogens is 9. The van der Waals surface area contributed by atoms with Gasteiger partial charge >= 0.3 is 0 Å². The summed E-state index contributed by atoms with van der Waals surface area (Å²) in [6.07, 6.45) is 4.93. The minimum absolute atomic E-state index is 0.456. The van der Waals surface area contributed by atoms with Crippen molar-refractivity contribution in [3.05, 3.63) is 116 Å². The van der Waals surface area contributed by atoms with Crippen LogP contribution in [0.15, 0.2) is 116 Å². The van der Waals surface area contributed by atoms with E-state index in [1.165, 1.54) is 6.33 Å². The third-order valence-corrected chi connectivity index (χ3v) is 7.52. The second-order valence-corrected chi connectivity index (χ2v) is 9.82. The maximum absolute atomic E-state index is 5.12. The van der Waals surface area contributed by atoms with Crippen LogP contribution < -0.4 is 0 Å². The summed E-state index contributed by atoms with van der Waals surface area (Å²) in [5.41, 5.74) is 6.58. The van der Waals surface area contributed by atoms with E-state index >= 15 is 0 Å². The summed E-state index contributed by atoms with van der Waals surface area (Å²) >= 11 is 0. The molecule has 4 aromatic carbocycles. The molecule has 0 unspecified atom stereocenters. The van der Waals surface area contributed by atoms with Gasteiger partial charge in [0.1, 0.15) is 6.33 Å². The number of imidazole rings is 2. The monoisotopic (exact) mass is 529 g/mol. The van der Waals surface area contributed by atoms with E-state index in [1.54, 1.807) is 12.4 Å². The quantitative estimate of drug-likeness (QED) is 0.272. The van der Waals surface area contributed by atoms with Crippen LogP contribution >= 0.6 is 0 Å². The van der Waals surface area contributed by atoms with Gasteiger partial charge in [0.25, 0.3) is 0 Å². The fourth-order valence-corrected chi connectivity index (χ4v) is 5.78. The van der Waals surface area contributed by atoms with E-state index in [9.17, 15) is 0 Å². The summed E-state index contributed by atoms with van der Waals surface area (Å²) in [6, 6.07) is 32.9. The first kappa shape index (κ1) is 21.9. The molecule has 5 aromatic heterocycles. The van der Waals surface area contributed by atoms with E-state index in [-0.39, 0.29) is 0 Å². The van der Waals surface area contributed by atoms with E-state index in [0.717, 1.165) is 49.7 Å². The molecule has 0 atom stereocenters. The van der Waals surface area contributed by atoms with Crippen LogP contribution in [0, 0.1) is 0 Å². The van der Waals surface area contributed by atoms with Crippen LogP contribution in [0.1, 0.15) is 0 Å². The van der Waals surface area contributed by atoms with Gasteiger partial charge in [-0.2, -0.15) is 15.0 Å². The molecule has 0 radical (unpaired) electrons. The van der Waals surface area contributed by atoms with Crippen molar-refractivity contribution in [3.8, 4) is 23.3 Å². The zero-order valence-corrected chi connectivity index (χ0v) is 21.5. The molecular weight excluding hydrogens is 510 g/mol. The van der Waals surface area contributed by atoms with Gasteiger partial charge in [-0.05, 0) is 36.4 Å². The van der Waals surface area contributed by atoms with Gasteiger partial charge in [-0.25, -0.2) is 19.5 Å². The van der Waals surface area contributed by atoms with Crippen molar-refractivity contribution in [2.75, 3.05) is 0 Å². The van der Waals surface area contributed by atoms with Crippen LogP contribution in [-0.4, -0.2) is 43.4 Å². The largest absolute Gasteiger partial charge is 0.278 e. The van der Waals surface area contributed by atoms with Gasteiger partial charge < -0.3 is 0 Å². The van der Waals surface area contributed by atoms with Crippen LogP contribution in [0.25, 0.3) is 72.9 Å². The van der Waals surface area contributed by atoms with E-state index < -0.39 is 0 Å². The van der Waals surface area contributed by atoms with Crippen LogP contribution in [0.2, 0.25) is 0 Å². The number of hydrogen-bond donors (Lipinski definition) is 0. The van der Waals surface area contributed by atoms with Gasteiger partial charge in [0.2, 0.25) is 17.7 Å². The molecule has 0 spiro atoms. The molecule has 9 rings (SSSR count). The molecular formula is C32H19N9. The average molecular weight is 530 g/mol. The molecule has 0 amide bonds. The molecule has 0 aliphatic rings. The summed E-state index contributed by atoms with van der Waals surface area (Å²) in [5, 5.41) is 2.26. The van der Waals surface area contributed by atoms with E-state index in [0.29, 0.717) is 23.3 Å². The van der Waals surface area contributed by atoms with Crippen molar-refractivity contribution in [3.63, 3.8) is 0 Å². The van der Waals surface area contributed by atoms with Gasteiger partial charge in [0, 0.05) is 23.2 Å². The molecule has 9 nitrogen and oxygen atoms in total. The Hall–Kier alpha value is -5.96. The predicted molar refractivity (Wildman–Crippen MR) is 158 cm³/mol. The van der Waals surface area contributed by atoms with Crippen molar-refractivity contribution in [2.45, 2.75) is 0 Å². The zero-order valence-electron chi connectivity index (χ0n) is 21.5. The minimum atomic E-state index is 0.456. The Bertz CT molecular complexity index is 2380. The number of benzene rings is 4. The number of para-hydroxylation sites is 6. The lowest BCUT2D eigenvalue weighted by Crippen LogP contribution is -2.10. The highest BCUT2D eigenvalue weighted by molar-refractivity contribution is 6.09. The summed E-state index contributed by atoms with van der Waals surface area (Å²) in [6.45, 7) is 0. The Morgan fingerprint density at radius 1 is 0.463 bits per heavy atom. The predicted octanol–water partition coefficient (Wildman–Crippen LogP) is 6.17. The fraction of sp³-hybridized carbons (Fsp3) is 0. The summed E-state index contributed by atoms with van der Waals surface area (Å²) < 4.78 is 6.25. The lowest BCUT2D eigenvalue weighted by Gasteiger charge is -2.11. The Morgan fingerprint density at radius 3 is 1.73 bits per heavy atom. The van der Waals surface area contributed by atoms with Crippen molar-refractivity contribution < 1.29 is 0 Å². The molecule has 9 heteroatoms. The SMILES string of the molecule is c1ccc2c(c1)nc1n(-c3nc(-c4cncnc4)nc(-n4c5ccccc5c5ccccc54)n3)c3ccccc3n21. The summed E-state index contributed by atoms with van der Waals surface area (Å²) in [7, 11) is 0. The molecule has 0 saturated carbocycles. The molecule has 5 heterocycles. The van der Waals surface area contributed by atoms with Gasteiger partial charge in [-0.15, -0.1) is 0 Å². The van der Waals surface area contributed by atoms with E-state index in [4.69, 9.17) is 19.9 Å². The lowest BCUT2D eigenvalue weighted by molar-refractivity contribution is 0.883. The second-order valence-electron chi connectivity index (χ2n) is 9.82. The third kappa shape index (κ3) is 3.11. The molecule has 0 aliphatic heterocycles. The fourth-order valence-electron chi connectivity index (χ4n) is 5.78. The summed E-state index contributed by atoms with van der Waals surface area (Å²) in [5.74, 6) is 2.15. The number of hydrogen-bond acceptors (Lipinski definition) is 6. The molecule has 0 N–H and O–H groups in total. The van der Waals surface area contributed by atoms with Crippen molar-refractivity contribution in [1.82, 2.24) is 43.4 Å². The molecule has 192 valence electrons. The number of rotatable bonds is 3. The van der Waals surface area contributed by atoms with Gasteiger partial charge in [0.05, 0.1) is 38.7 Å². The number of nitrogens with zero attached hydrogens (tertiary/aromatic N) is 9. The second kappa shape index (κ2) is 8.27.